The summed E-state index contributed by atoms with van der Waals surface area (Å²) in [5.74, 6) is -0.133. The van der Waals surface area contributed by atoms with Crippen LogP contribution in [-0.2, 0) is 16.1 Å². The molecule has 1 saturated heterocycles. The molecule has 1 aromatic rings. The average Bonchev–Trinajstić information content (AvgIpc) is 2.77. The number of ether oxygens (including phenoxy) is 2. The number of carbonyl (C=O) groups is 1. The summed E-state index contributed by atoms with van der Waals surface area (Å²) in [6.07, 6.45) is 1.35. The van der Waals surface area contributed by atoms with Crippen LogP contribution in [0.15, 0.2) is 12.1 Å². The first kappa shape index (κ1) is 15.8. The molecule has 2 aliphatic rings. The van der Waals surface area contributed by atoms with Crippen LogP contribution in [0.2, 0.25) is 0 Å². The first-order valence-electron chi connectivity index (χ1n) is 7.76. The predicted molar refractivity (Wildman–Crippen MR) is 80.2 cm³/mol. The van der Waals surface area contributed by atoms with Crippen LogP contribution in [0.5, 0.6) is 5.75 Å². The summed E-state index contributed by atoms with van der Waals surface area (Å²) in [7, 11) is 0. The van der Waals surface area contributed by atoms with Gasteiger partial charge in [-0.1, -0.05) is 6.92 Å². The highest BCUT2D eigenvalue weighted by Gasteiger charge is 2.39. The quantitative estimate of drug-likeness (QED) is 0.796. The molecule has 0 bridgehead atoms. The number of hydrogen-bond donors (Lipinski definition) is 0. The van der Waals surface area contributed by atoms with Gasteiger partial charge in [0.2, 0.25) is 5.91 Å². The van der Waals surface area contributed by atoms with Gasteiger partial charge < -0.3 is 14.4 Å². The minimum atomic E-state index is -0.504. The van der Waals surface area contributed by atoms with Crippen molar-refractivity contribution in [3.8, 4) is 11.8 Å². The Bertz CT molecular complexity index is 663. The van der Waals surface area contributed by atoms with Crippen molar-refractivity contribution in [1.82, 2.24) is 4.90 Å². The number of hydrogen-bond acceptors (Lipinski definition) is 4. The summed E-state index contributed by atoms with van der Waals surface area (Å²) in [6.45, 7) is 3.96. The molecule has 1 amide bonds. The van der Waals surface area contributed by atoms with Crippen molar-refractivity contribution in [2.24, 2.45) is 5.41 Å². The molecule has 2 heterocycles. The topological polar surface area (TPSA) is 62.6 Å². The minimum absolute atomic E-state index is 0.0148. The SMILES string of the molecule is CC1(C(=O)N2CCOc3cc(C#N)cc(F)c3C2)CCOCC1. The smallest absolute Gasteiger partial charge is 0.229 e. The Labute approximate surface area is 134 Å². The number of nitriles is 1. The molecule has 0 atom stereocenters. The molecule has 2 aliphatic heterocycles. The van der Waals surface area contributed by atoms with Gasteiger partial charge in [0, 0.05) is 18.8 Å². The van der Waals surface area contributed by atoms with Crippen molar-refractivity contribution in [2.75, 3.05) is 26.4 Å². The standard InChI is InChI=1S/C17H19FN2O3/c1-17(2-5-22-6-3-17)16(21)20-4-7-23-15-9-12(10-19)8-14(18)13(15)11-20/h8-9H,2-7,11H2,1H3. The highest BCUT2D eigenvalue weighted by molar-refractivity contribution is 5.82. The lowest BCUT2D eigenvalue weighted by molar-refractivity contribution is -0.147. The van der Waals surface area contributed by atoms with E-state index in [9.17, 15) is 9.18 Å². The van der Waals surface area contributed by atoms with Crippen LogP contribution in [0.4, 0.5) is 4.39 Å². The van der Waals surface area contributed by atoms with Gasteiger partial charge in [0.1, 0.15) is 18.2 Å². The number of benzene rings is 1. The number of fused-ring (bicyclic) bond motifs is 1. The van der Waals surface area contributed by atoms with Crippen LogP contribution in [0.1, 0.15) is 30.9 Å². The molecule has 1 fully saturated rings. The zero-order valence-corrected chi connectivity index (χ0v) is 13.1. The summed E-state index contributed by atoms with van der Waals surface area (Å²) in [4.78, 5) is 14.6. The lowest BCUT2D eigenvalue weighted by atomic mass is 9.81. The van der Waals surface area contributed by atoms with Gasteiger partial charge in [-0.25, -0.2) is 4.39 Å². The van der Waals surface area contributed by atoms with Crippen molar-refractivity contribution in [3.63, 3.8) is 0 Å². The largest absolute Gasteiger partial charge is 0.491 e. The van der Waals surface area contributed by atoms with Gasteiger partial charge in [-0.2, -0.15) is 5.26 Å². The summed E-state index contributed by atoms with van der Waals surface area (Å²) in [5.41, 5.74) is 0.0918. The third kappa shape index (κ3) is 3.02. The van der Waals surface area contributed by atoms with E-state index in [-0.39, 0.29) is 18.0 Å². The Balaban J connectivity index is 1.86. The summed E-state index contributed by atoms with van der Waals surface area (Å²) < 4.78 is 25.2. The molecule has 6 heteroatoms. The molecule has 5 nitrogen and oxygen atoms in total. The van der Waals surface area contributed by atoms with Gasteiger partial charge in [0.05, 0.1) is 30.1 Å². The molecule has 0 N–H and O–H groups in total. The summed E-state index contributed by atoms with van der Waals surface area (Å²) >= 11 is 0. The Kier molecular flexibility index (Phi) is 4.22. The Morgan fingerprint density at radius 1 is 1.35 bits per heavy atom. The van der Waals surface area contributed by atoms with E-state index in [0.717, 1.165) is 0 Å². The molecule has 3 rings (SSSR count). The van der Waals surface area contributed by atoms with E-state index in [1.54, 1.807) is 4.90 Å². The first-order valence-corrected chi connectivity index (χ1v) is 7.76. The minimum Gasteiger partial charge on any atom is -0.491 e. The van der Waals surface area contributed by atoms with Crippen molar-refractivity contribution in [3.05, 3.63) is 29.1 Å². The van der Waals surface area contributed by atoms with Crippen molar-refractivity contribution in [1.29, 1.82) is 5.26 Å². The third-order valence-electron chi connectivity index (χ3n) is 4.65. The monoisotopic (exact) mass is 318 g/mol. The Morgan fingerprint density at radius 3 is 2.78 bits per heavy atom. The molecule has 0 saturated carbocycles. The van der Waals surface area contributed by atoms with E-state index < -0.39 is 11.2 Å². The molecule has 23 heavy (non-hydrogen) atoms. The molecule has 0 aliphatic carbocycles. The number of amides is 1. The molecule has 122 valence electrons. The lowest BCUT2D eigenvalue weighted by Gasteiger charge is -2.36. The van der Waals surface area contributed by atoms with Crippen molar-refractivity contribution in [2.45, 2.75) is 26.3 Å². The van der Waals surface area contributed by atoms with Gasteiger partial charge in [0.15, 0.2) is 0 Å². The number of nitrogens with zero attached hydrogens (tertiary/aromatic N) is 2. The van der Waals surface area contributed by atoms with E-state index >= 15 is 0 Å². The molecule has 0 unspecified atom stereocenters. The van der Waals surface area contributed by atoms with Crippen molar-refractivity contribution < 1.29 is 18.7 Å². The number of carbonyl (C=O) groups excluding carboxylic acids is 1. The molecule has 0 spiro atoms. The maximum absolute atomic E-state index is 14.3. The second-order valence-corrected chi connectivity index (χ2v) is 6.29. The number of halogens is 1. The van der Waals surface area contributed by atoms with Crippen LogP contribution in [0, 0.1) is 22.6 Å². The van der Waals surface area contributed by atoms with Crippen LogP contribution >= 0.6 is 0 Å². The molecule has 1 aromatic carbocycles. The summed E-state index contributed by atoms with van der Waals surface area (Å²) in [6, 6.07) is 4.63. The molecule has 0 aromatic heterocycles. The van der Waals surface area contributed by atoms with Gasteiger partial charge >= 0.3 is 0 Å². The normalized spacial score (nSPS) is 20.0. The Hall–Kier alpha value is -2.13. The first-order chi connectivity index (χ1) is 11.0. The second-order valence-electron chi connectivity index (χ2n) is 6.29. The second kappa shape index (κ2) is 6.17. The van der Waals surface area contributed by atoms with E-state index in [4.69, 9.17) is 14.7 Å². The third-order valence-corrected chi connectivity index (χ3v) is 4.65. The fraction of sp³-hybridized carbons (Fsp3) is 0.529. The zero-order valence-electron chi connectivity index (χ0n) is 13.1. The predicted octanol–water partition coefficient (Wildman–Crippen LogP) is 2.24. The van der Waals surface area contributed by atoms with Gasteiger partial charge in [0.25, 0.3) is 0 Å². The molecular formula is C17H19FN2O3. The highest BCUT2D eigenvalue weighted by atomic mass is 19.1. The van der Waals surface area contributed by atoms with E-state index in [0.29, 0.717) is 50.5 Å². The molecule has 0 radical (unpaired) electrons. The van der Waals surface area contributed by atoms with Gasteiger partial charge in [-0.15, -0.1) is 0 Å². The van der Waals surface area contributed by atoms with E-state index in [1.807, 2.05) is 13.0 Å². The zero-order chi connectivity index (χ0) is 16.4. The lowest BCUT2D eigenvalue weighted by Crippen LogP contribution is -2.45. The van der Waals surface area contributed by atoms with Crippen molar-refractivity contribution >= 4 is 5.91 Å². The van der Waals surface area contributed by atoms with Crippen LogP contribution in [0.25, 0.3) is 0 Å². The van der Waals surface area contributed by atoms with Crippen LogP contribution in [-0.4, -0.2) is 37.2 Å². The summed E-state index contributed by atoms with van der Waals surface area (Å²) in [5, 5.41) is 8.93. The average molecular weight is 318 g/mol. The van der Waals surface area contributed by atoms with E-state index in [1.165, 1.54) is 12.1 Å². The number of rotatable bonds is 1. The van der Waals surface area contributed by atoms with E-state index in [2.05, 4.69) is 0 Å². The van der Waals surface area contributed by atoms with Gasteiger partial charge in [-0.05, 0) is 25.0 Å². The fourth-order valence-corrected chi connectivity index (χ4v) is 3.08. The van der Waals surface area contributed by atoms with Gasteiger partial charge in [-0.3, -0.25) is 4.79 Å². The highest BCUT2D eigenvalue weighted by Crippen LogP contribution is 2.34. The van der Waals surface area contributed by atoms with Crippen LogP contribution in [0.3, 0.4) is 0 Å². The Morgan fingerprint density at radius 2 is 2.09 bits per heavy atom. The fourth-order valence-electron chi connectivity index (χ4n) is 3.08. The maximum Gasteiger partial charge on any atom is 0.229 e. The molecular weight excluding hydrogens is 299 g/mol. The van der Waals surface area contributed by atoms with Crippen LogP contribution < -0.4 is 4.74 Å². The maximum atomic E-state index is 14.3.